The van der Waals surface area contributed by atoms with Crippen molar-refractivity contribution in [1.29, 1.82) is 0 Å². The van der Waals surface area contributed by atoms with Crippen molar-refractivity contribution >= 4 is 23.9 Å². The highest BCUT2D eigenvalue weighted by Crippen LogP contribution is 2.69. The number of hydrogen-bond donors (Lipinski definition) is 1. The van der Waals surface area contributed by atoms with Gasteiger partial charge >= 0.3 is 23.9 Å². The molecule has 3 saturated heterocycles. The van der Waals surface area contributed by atoms with E-state index >= 15 is 0 Å². The van der Waals surface area contributed by atoms with Crippen molar-refractivity contribution < 1.29 is 52.7 Å². The van der Waals surface area contributed by atoms with Crippen LogP contribution in [0, 0.1) is 11.3 Å². The zero-order valence-corrected chi connectivity index (χ0v) is 22.1. The molecule has 37 heavy (non-hydrogen) atoms. The predicted molar refractivity (Wildman–Crippen MR) is 123 cm³/mol. The fourth-order valence-corrected chi connectivity index (χ4v) is 7.30. The lowest BCUT2D eigenvalue weighted by Gasteiger charge is -2.53. The van der Waals surface area contributed by atoms with Crippen molar-refractivity contribution in [2.24, 2.45) is 11.3 Å². The molecular weight excluding hydrogens is 488 g/mol. The second kappa shape index (κ2) is 8.00. The van der Waals surface area contributed by atoms with E-state index in [-0.39, 0.29) is 12.5 Å². The van der Waals surface area contributed by atoms with Crippen molar-refractivity contribution in [1.82, 2.24) is 0 Å². The Bertz CT molecular complexity index is 1100. The molecule has 4 fully saturated rings. The van der Waals surface area contributed by atoms with E-state index in [1.54, 1.807) is 26.8 Å². The van der Waals surface area contributed by atoms with Gasteiger partial charge in [-0.3, -0.25) is 14.4 Å². The number of fused-ring (bicyclic) bond motifs is 3. The molecule has 0 aromatic rings. The predicted octanol–water partition coefficient (Wildman–Crippen LogP) is 1.13. The van der Waals surface area contributed by atoms with Gasteiger partial charge in [-0.2, -0.15) is 0 Å². The van der Waals surface area contributed by atoms with Crippen LogP contribution < -0.4 is 0 Å². The van der Waals surface area contributed by atoms with E-state index in [1.807, 2.05) is 6.92 Å². The van der Waals surface area contributed by atoms with Crippen molar-refractivity contribution in [3.05, 3.63) is 11.6 Å². The van der Waals surface area contributed by atoms with Gasteiger partial charge in [0, 0.05) is 39.5 Å². The number of rotatable bonds is 3. The van der Waals surface area contributed by atoms with Gasteiger partial charge in [0.2, 0.25) is 0 Å². The molecule has 1 saturated carbocycles. The third kappa shape index (κ3) is 3.50. The Morgan fingerprint density at radius 1 is 0.973 bits per heavy atom. The highest BCUT2D eigenvalue weighted by atomic mass is 16.7. The Morgan fingerprint density at radius 3 is 2.08 bits per heavy atom. The van der Waals surface area contributed by atoms with Crippen LogP contribution in [0.5, 0.6) is 0 Å². The quantitative estimate of drug-likeness (QED) is 0.246. The molecule has 0 amide bonds. The largest absolute Gasteiger partial charge is 0.462 e. The van der Waals surface area contributed by atoms with Gasteiger partial charge in [-0.1, -0.05) is 6.92 Å². The van der Waals surface area contributed by atoms with Gasteiger partial charge in [0.05, 0.1) is 23.2 Å². The Kier molecular flexibility index (Phi) is 5.65. The molecule has 11 atom stereocenters. The molecule has 1 N–H and O–H groups in total. The van der Waals surface area contributed by atoms with Gasteiger partial charge < -0.3 is 33.5 Å². The van der Waals surface area contributed by atoms with Crippen molar-refractivity contribution in [2.45, 2.75) is 115 Å². The summed E-state index contributed by atoms with van der Waals surface area (Å²) in [5.41, 5.74) is -4.47. The Hall–Kier alpha value is -2.50. The van der Waals surface area contributed by atoms with Gasteiger partial charge in [0.1, 0.15) is 18.3 Å². The first-order chi connectivity index (χ1) is 17.1. The molecule has 11 nitrogen and oxygen atoms in total. The average Bonchev–Trinajstić information content (AvgIpc) is 3.60. The fourth-order valence-electron chi connectivity index (χ4n) is 7.30. The minimum atomic E-state index is -1.46. The summed E-state index contributed by atoms with van der Waals surface area (Å²) < 4.78 is 35.1. The van der Waals surface area contributed by atoms with E-state index < -0.39 is 82.5 Å². The number of aliphatic hydroxyl groups excluding tert-OH is 1. The van der Waals surface area contributed by atoms with Crippen molar-refractivity contribution in [2.75, 3.05) is 0 Å². The van der Waals surface area contributed by atoms with Crippen LogP contribution in [0.15, 0.2) is 11.6 Å². The molecule has 3 aliphatic heterocycles. The lowest BCUT2D eigenvalue weighted by atomic mass is 9.53. The summed E-state index contributed by atoms with van der Waals surface area (Å²) in [7, 11) is 0. The number of ether oxygens (including phenoxy) is 6. The van der Waals surface area contributed by atoms with Crippen LogP contribution in [0.2, 0.25) is 0 Å². The van der Waals surface area contributed by atoms with Crippen LogP contribution in [-0.4, -0.2) is 82.4 Å². The summed E-state index contributed by atoms with van der Waals surface area (Å²) >= 11 is 0. The first-order valence-corrected chi connectivity index (χ1v) is 12.6. The minimum Gasteiger partial charge on any atom is -0.462 e. The average molecular weight is 523 g/mol. The summed E-state index contributed by atoms with van der Waals surface area (Å²) in [6.45, 7) is 10.7. The lowest BCUT2D eigenvalue weighted by Crippen LogP contribution is -2.66. The summed E-state index contributed by atoms with van der Waals surface area (Å²) in [4.78, 5) is 49.6. The third-order valence-corrected chi connectivity index (χ3v) is 9.23. The monoisotopic (exact) mass is 522 g/mol. The van der Waals surface area contributed by atoms with Crippen LogP contribution in [-0.2, 0) is 47.6 Å². The number of carbonyl (C=O) groups is 4. The molecular formula is C26H34O11. The summed E-state index contributed by atoms with van der Waals surface area (Å²) in [6, 6.07) is 0. The van der Waals surface area contributed by atoms with Crippen LogP contribution in [0.1, 0.15) is 61.3 Å². The van der Waals surface area contributed by atoms with Crippen molar-refractivity contribution in [3.8, 4) is 0 Å². The molecule has 11 heteroatoms. The number of epoxide rings is 2. The Balaban J connectivity index is 1.74. The number of esters is 4. The fraction of sp³-hybridized carbons (Fsp3) is 0.769. The van der Waals surface area contributed by atoms with E-state index in [4.69, 9.17) is 28.4 Å². The molecule has 0 bridgehead atoms. The van der Waals surface area contributed by atoms with Crippen LogP contribution in [0.4, 0.5) is 0 Å². The topological polar surface area (TPSA) is 150 Å². The molecule has 0 unspecified atom stereocenters. The molecule has 2 aliphatic carbocycles. The van der Waals surface area contributed by atoms with E-state index in [0.29, 0.717) is 12.0 Å². The lowest BCUT2D eigenvalue weighted by molar-refractivity contribution is -0.208. The number of carbonyl (C=O) groups excluding carboxylic acids is 4. The third-order valence-electron chi connectivity index (χ3n) is 9.23. The van der Waals surface area contributed by atoms with Gasteiger partial charge in [-0.25, -0.2) is 4.79 Å². The molecule has 0 aromatic heterocycles. The van der Waals surface area contributed by atoms with Gasteiger partial charge in [-0.15, -0.1) is 0 Å². The highest BCUT2D eigenvalue weighted by Gasteiger charge is 2.88. The first-order valence-electron chi connectivity index (χ1n) is 12.6. The second-order valence-electron chi connectivity index (χ2n) is 11.5. The van der Waals surface area contributed by atoms with Crippen LogP contribution in [0.3, 0.4) is 0 Å². The SMILES string of the molecule is CC(=O)O[C@H]1C[C@@H]2O[C@]2(C)[C@@H]2[C@H](O)[C@]34O[C@@]3(C)C(=O)O[C@H]4/C=C(/C)[C@H](OC(C)=O)C[C@H](OC(C)=O)[C@@]12C. The molecule has 204 valence electrons. The normalized spacial score (nSPS) is 51.0. The van der Waals surface area contributed by atoms with Crippen LogP contribution >= 0.6 is 0 Å². The Labute approximate surface area is 214 Å². The van der Waals surface area contributed by atoms with Gasteiger partial charge in [0.25, 0.3) is 0 Å². The molecule has 1 spiro atoms. The first kappa shape index (κ1) is 26.1. The summed E-state index contributed by atoms with van der Waals surface area (Å²) in [5, 5.41) is 12.2. The maximum Gasteiger partial charge on any atom is 0.342 e. The van der Waals surface area contributed by atoms with E-state index in [0.717, 1.165) is 0 Å². The zero-order valence-electron chi connectivity index (χ0n) is 22.1. The zero-order chi connectivity index (χ0) is 27.3. The second-order valence-corrected chi connectivity index (χ2v) is 11.5. The van der Waals surface area contributed by atoms with Crippen LogP contribution in [0.25, 0.3) is 0 Å². The standard InChI is InChI=1S/C26H34O11/c1-11-8-19-26(25(7,37-26)22(31)35-19)21(30)20-23(5,16(33-13(3)28)9-15(11)32-12(2)27)17(34-14(4)29)10-18-24(20,6)36-18/h8,15-21,30H,9-10H2,1-7H3/b11-8-/t15-,16+,17+,18+,19+,20-,21+,23+,24+,25+,26+/m1/s1. The summed E-state index contributed by atoms with van der Waals surface area (Å²) in [6.07, 6.45) is -3.35. The van der Waals surface area contributed by atoms with E-state index in [1.165, 1.54) is 20.8 Å². The maximum atomic E-state index is 12.9. The Morgan fingerprint density at radius 2 is 1.54 bits per heavy atom. The molecule has 0 aromatic carbocycles. The minimum absolute atomic E-state index is 0.0194. The molecule has 0 radical (unpaired) electrons. The highest BCUT2D eigenvalue weighted by molar-refractivity contribution is 5.89. The molecule has 5 rings (SSSR count). The van der Waals surface area contributed by atoms with E-state index in [2.05, 4.69) is 0 Å². The molecule has 3 heterocycles. The summed E-state index contributed by atoms with van der Waals surface area (Å²) in [5.74, 6) is -3.13. The number of hydrogen-bond acceptors (Lipinski definition) is 11. The maximum absolute atomic E-state index is 12.9. The number of aliphatic hydroxyl groups is 1. The van der Waals surface area contributed by atoms with Crippen molar-refractivity contribution in [3.63, 3.8) is 0 Å². The van der Waals surface area contributed by atoms with Gasteiger partial charge in [-0.05, 0) is 32.4 Å². The molecule has 5 aliphatic rings. The van der Waals surface area contributed by atoms with Gasteiger partial charge in [0.15, 0.2) is 17.3 Å². The smallest absolute Gasteiger partial charge is 0.342 e. The van der Waals surface area contributed by atoms with E-state index in [9.17, 15) is 24.3 Å².